The highest BCUT2D eigenvalue weighted by atomic mass is 16.5. The first-order valence-electron chi connectivity index (χ1n) is 6.75. The Morgan fingerprint density at radius 3 is 2.43 bits per heavy atom. The van der Waals surface area contributed by atoms with Crippen LogP contribution in [0.5, 0.6) is 11.5 Å². The second kappa shape index (κ2) is 6.78. The van der Waals surface area contributed by atoms with E-state index in [0.29, 0.717) is 22.9 Å². The molecular weight excluding hydrogens is 270 g/mol. The summed E-state index contributed by atoms with van der Waals surface area (Å²) >= 11 is 0. The number of hydrogen-bond acceptors (Lipinski definition) is 4. The summed E-state index contributed by atoms with van der Waals surface area (Å²) in [7, 11) is 3.09. The highest BCUT2D eigenvalue weighted by molar-refractivity contribution is 6.04. The molecule has 0 aliphatic heterocycles. The monoisotopic (exact) mass is 289 g/mol. The van der Waals surface area contributed by atoms with Gasteiger partial charge in [-0.2, -0.15) is 5.10 Å². The minimum absolute atomic E-state index is 0.262. The lowest BCUT2D eigenvalue weighted by atomic mass is 10.2. The quantitative estimate of drug-likeness (QED) is 0.857. The molecule has 2 aromatic rings. The molecule has 1 aromatic carbocycles. The van der Waals surface area contributed by atoms with Gasteiger partial charge in [0.1, 0.15) is 11.5 Å². The van der Waals surface area contributed by atoms with E-state index in [2.05, 4.69) is 22.4 Å². The topological polar surface area (TPSA) is 76.2 Å². The lowest BCUT2D eigenvalue weighted by Crippen LogP contribution is -2.12. The zero-order valence-electron chi connectivity index (χ0n) is 12.4. The number of hydrogen-bond donors (Lipinski definition) is 2. The van der Waals surface area contributed by atoms with Crippen LogP contribution in [-0.2, 0) is 6.42 Å². The SMILES string of the molecule is CCCc1cc(NC(=O)c2cc(OC)cc(OC)c2)n[nH]1. The maximum atomic E-state index is 12.2. The van der Waals surface area contributed by atoms with E-state index in [-0.39, 0.29) is 5.91 Å². The minimum Gasteiger partial charge on any atom is -0.497 e. The normalized spacial score (nSPS) is 10.2. The summed E-state index contributed by atoms with van der Waals surface area (Å²) in [5.41, 5.74) is 1.45. The Balaban J connectivity index is 2.15. The van der Waals surface area contributed by atoms with Gasteiger partial charge in [-0.15, -0.1) is 0 Å². The van der Waals surface area contributed by atoms with Crippen molar-refractivity contribution in [1.29, 1.82) is 0 Å². The lowest BCUT2D eigenvalue weighted by Gasteiger charge is -2.08. The van der Waals surface area contributed by atoms with E-state index in [1.807, 2.05) is 6.07 Å². The molecule has 0 unspecified atom stereocenters. The van der Waals surface area contributed by atoms with E-state index in [1.165, 1.54) is 0 Å². The summed E-state index contributed by atoms with van der Waals surface area (Å²) in [5, 5.41) is 9.71. The van der Waals surface area contributed by atoms with Crippen molar-refractivity contribution in [2.45, 2.75) is 19.8 Å². The van der Waals surface area contributed by atoms with E-state index in [4.69, 9.17) is 9.47 Å². The van der Waals surface area contributed by atoms with Crippen LogP contribution in [0.25, 0.3) is 0 Å². The molecule has 1 aromatic heterocycles. The molecule has 6 heteroatoms. The largest absolute Gasteiger partial charge is 0.497 e. The number of carbonyl (C=O) groups is 1. The second-order valence-corrected chi connectivity index (χ2v) is 4.58. The Labute approximate surface area is 123 Å². The molecule has 112 valence electrons. The van der Waals surface area contributed by atoms with Crippen LogP contribution in [-0.4, -0.2) is 30.3 Å². The highest BCUT2D eigenvalue weighted by Gasteiger charge is 2.11. The summed E-state index contributed by atoms with van der Waals surface area (Å²) in [6, 6.07) is 6.85. The van der Waals surface area contributed by atoms with Crippen LogP contribution in [0.1, 0.15) is 29.4 Å². The number of aryl methyl sites for hydroxylation is 1. The molecule has 0 saturated carbocycles. The number of aromatic nitrogens is 2. The molecule has 0 radical (unpaired) electrons. The van der Waals surface area contributed by atoms with E-state index in [9.17, 15) is 4.79 Å². The number of amides is 1. The van der Waals surface area contributed by atoms with Crippen LogP contribution in [0.2, 0.25) is 0 Å². The van der Waals surface area contributed by atoms with Gasteiger partial charge in [0.25, 0.3) is 5.91 Å². The number of H-pyrrole nitrogens is 1. The molecule has 2 rings (SSSR count). The van der Waals surface area contributed by atoms with Crippen LogP contribution in [0, 0.1) is 0 Å². The zero-order chi connectivity index (χ0) is 15.2. The number of rotatable bonds is 6. The fraction of sp³-hybridized carbons (Fsp3) is 0.333. The van der Waals surface area contributed by atoms with E-state index >= 15 is 0 Å². The van der Waals surface area contributed by atoms with Crippen molar-refractivity contribution < 1.29 is 14.3 Å². The molecule has 2 N–H and O–H groups in total. The number of benzene rings is 1. The van der Waals surface area contributed by atoms with Gasteiger partial charge >= 0.3 is 0 Å². The molecule has 21 heavy (non-hydrogen) atoms. The van der Waals surface area contributed by atoms with E-state index < -0.39 is 0 Å². The van der Waals surface area contributed by atoms with Crippen molar-refractivity contribution in [2.24, 2.45) is 0 Å². The van der Waals surface area contributed by atoms with Crippen molar-refractivity contribution in [3.8, 4) is 11.5 Å². The van der Waals surface area contributed by atoms with Crippen molar-refractivity contribution in [1.82, 2.24) is 10.2 Å². The highest BCUT2D eigenvalue weighted by Crippen LogP contribution is 2.23. The van der Waals surface area contributed by atoms with Gasteiger partial charge in [-0.25, -0.2) is 0 Å². The Hall–Kier alpha value is -2.50. The van der Waals surface area contributed by atoms with Crippen molar-refractivity contribution in [3.63, 3.8) is 0 Å². The molecule has 1 heterocycles. The first kappa shape index (κ1) is 14.9. The molecule has 0 saturated heterocycles. The molecule has 0 fully saturated rings. The molecule has 1 amide bonds. The van der Waals surface area contributed by atoms with Gasteiger partial charge < -0.3 is 14.8 Å². The number of methoxy groups -OCH3 is 2. The van der Waals surface area contributed by atoms with Gasteiger partial charge in [-0.1, -0.05) is 13.3 Å². The second-order valence-electron chi connectivity index (χ2n) is 4.58. The fourth-order valence-corrected chi connectivity index (χ4v) is 1.95. The van der Waals surface area contributed by atoms with Crippen LogP contribution in [0.15, 0.2) is 24.3 Å². The molecule has 0 spiro atoms. The number of ether oxygens (including phenoxy) is 2. The molecular formula is C15H19N3O3. The standard InChI is InChI=1S/C15H19N3O3/c1-4-5-11-8-14(18-17-11)16-15(19)10-6-12(20-2)9-13(7-10)21-3/h6-9H,4-5H2,1-3H3,(H2,16,17,18,19). The third kappa shape index (κ3) is 3.75. The van der Waals surface area contributed by atoms with Gasteiger partial charge in [0.15, 0.2) is 5.82 Å². The molecule has 0 bridgehead atoms. The Kier molecular flexibility index (Phi) is 4.81. The van der Waals surface area contributed by atoms with Gasteiger partial charge in [0.05, 0.1) is 14.2 Å². The van der Waals surface area contributed by atoms with Gasteiger partial charge in [0, 0.05) is 23.4 Å². The maximum Gasteiger partial charge on any atom is 0.257 e. The van der Waals surface area contributed by atoms with Crippen LogP contribution >= 0.6 is 0 Å². The average Bonchev–Trinajstić information content (AvgIpc) is 2.94. The van der Waals surface area contributed by atoms with Crippen LogP contribution in [0.3, 0.4) is 0 Å². The van der Waals surface area contributed by atoms with Gasteiger partial charge in [-0.05, 0) is 18.6 Å². The van der Waals surface area contributed by atoms with Gasteiger partial charge in [0.2, 0.25) is 0 Å². The summed E-state index contributed by atoms with van der Waals surface area (Å²) in [4.78, 5) is 12.2. The number of carbonyl (C=O) groups excluding carboxylic acids is 1. The van der Waals surface area contributed by atoms with Crippen LogP contribution < -0.4 is 14.8 Å². The zero-order valence-corrected chi connectivity index (χ0v) is 12.4. The van der Waals surface area contributed by atoms with Crippen molar-refractivity contribution in [3.05, 3.63) is 35.5 Å². The summed E-state index contributed by atoms with van der Waals surface area (Å²) in [6.07, 6.45) is 1.92. The smallest absolute Gasteiger partial charge is 0.257 e. The van der Waals surface area contributed by atoms with Crippen LogP contribution in [0.4, 0.5) is 5.82 Å². The van der Waals surface area contributed by atoms with Crippen molar-refractivity contribution >= 4 is 11.7 Å². The Morgan fingerprint density at radius 2 is 1.86 bits per heavy atom. The van der Waals surface area contributed by atoms with E-state index in [1.54, 1.807) is 32.4 Å². The molecule has 6 nitrogen and oxygen atoms in total. The Morgan fingerprint density at radius 1 is 1.19 bits per heavy atom. The average molecular weight is 289 g/mol. The summed E-state index contributed by atoms with van der Waals surface area (Å²) < 4.78 is 10.3. The number of aromatic amines is 1. The maximum absolute atomic E-state index is 12.2. The number of anilines is 1. The summed E-state index contributed by atoms with van der Waals surface area (Å²) in [6.45, 7) is 2.08. The minimum atomic E-state index is -0.262. The number of nitrogens with one attached hydrogen (secondary N) is 2. The fourth-order valence-electron chi connectivity index (χ4n) is 1.95. The molecule has 0 aliphatic rings. The predicted octanol–water partition coefficient (Wildman–Crippen LogP) is 2.63. The van der Waals surface area contributed by atoms with E-state index in [0.717, 1.165) is 18.5 Å². The first-order valence-corrected chi connectivity index (χ1v) is 6.75. The summed E-state index contributed by atoms with van der Waals surface area (Å²) in [5.74, 6) is 1.37. The first-order chi connectivity index (χ1) is 10.2. The Bertz CT molecular complexity index is 600. The molecule has 0 atom stereocenters. The lowest BCUT2D eigenvalue weighted by molar-refractivity contribution is 0.102. The predicted molar refractivity (Wildman–Crippen MR) is 80.1 cm³/mol. The third-order valence-electron chi connectivity index (χ3n) is 3.01. The van der Waals surface area contributed by atoms with Gasteiger partial charge in [-0.3, -0.25) is 9.89 Å². The third-order valence-corrected chi connectivity index (χ3v) is 3.01. The molecule has 0 aliphatic carbocycles. The van der Waals surface area contributed by atoms with Crippen molar-refractivity contribution in [2.75, 3.05) is 19.5 Å². The number of nitrogens with zero attached hydrogens (tertiary/aromatic N) is 1.